The molecule has 0 saturated heterocycles. The van der Waals surface area contributed by atoms with Gasteiger partial charge in [0.15, 0.2) is 0 Å². The second kappa shape index (κ2) is 5.51. The number of methoxy groups -OCH3 is 1. The lowest BCUT2D eigenvalue weighted by atomic mass is 10.1. The van der Waals surface area contributed by atoms with E-state index in [9.17, 15) is 5.26 Å². The van der Waals surface area contributed by atoms with Crippen LogP contribution in [0.3, 0.4) is 0 Å². The van der Waals surface area contributed by atoms with E-state index in [-0.39, 0.29) is 0 Å². The number of nitriles is 1. The average molecular weight is 275 g/mol. The first-order chi connectivity index (χ1) is 10.3. The highest BCUT2D eigenvalue weighted by atomic mass is 16.5. The molecule has 0 fully saturated rings. The first-order valence-corrected chi connectivity index (χ1v) is 6.51. The molecule has 0 radical (unpaired) electrons. The first-order valence-electron chi connectivity index (χ1n) is 6.51. The lowest BCUT2D eigenvalue weighted by molar-refractivity contribution is 0.414. The van der Waals surface area contributed by atoms with E-state index >= 15 is 0 Å². The van der Waals surface area contributed by atoms with Crippen molar-refractivity contribution in [2.45, 2.75) is 0 Å². The number of nitrogens with zero attached hydrogens (tertiary/aromatic N) is 2. The number of benzene rings is 2. The molecule has 0 bridgehead atoms. The third-order valence-corrected chi connectivity index (χ3v) is 3.17. The van der Waals surface area contributed by atoms with Gasteiger partial charge in [0.05, 0.1) is 23.7 Å². The Bertz CT molecular complexity index is 823. The molecule has 0 amide bonds. The van der Waals surface area contributed by atoms with Crippen LogP contribution in [-0.4, -0.2) is 17.1 Å². The smallest absolute Gasteiger partial charge is 0.149 e. The number of aromatic amines is 1. The lowest BCUT2D eigenvalue weighted by Gasteiger charge is -2.00. The van der Waals surface area contributed by atoms with E-state index < -0.39 is 0 Å². The molecular formula is C17H13N3O. The molecule has 0 aliphatic heterocycles. The average Bonchev–Trinajstić information content (AvgIpc) is 2.96. The van der Waals surface area contributed by atoms with Gasteiger partial charge in [-0.2, -0.15) is 5.26 Å². The zero-order valence-corrected chi connectivity index (χ0v) is 11.5. The number of hydrogen-bond acceptors (Lipinski definition) is 3. The minimum absolute atomic E-state index is 0.486. The second-order valence-corrected chi connectivity index (χ2v) is 4.55. The molecule has 1 heterocycles. The van der Waals surface area contributed by atoms with Gasteiger partial charge in [-0.1, -0.05) is 24.3 Å². The second-order valence-electron chi connectivity index (χ2n) is 4.55. The Hall–Kier alpha value is -3.06. The van der Waals surface area contributed by atoms with Crippen molar-refractivity contribution in [2.75, 3.05) is 7.11 Å². The van der Waals surface area contributed by atoms with Crippen molar-refractivity contribution in [1.82, 2.24) is 9.97 Å². The third-order valence-electron chi connectivity index (χ3n) is 3.17. The van der Waals surface area contributed by atoms with Crippen LogP contribution in [0.5, 0.6) is 5.75 Å². The van der Waals surface area contributed by atoms with E-state index in [1.165, 1.54) is 0 Å². The molecule has 0 spiro atoms. The largest absolute Gasteiger partial charge is 0.497 e. The summed E-state index contributed by atoms with van der Waals surface area (Å²) in [7, 11) is 1.62. The Morgan fingerprint density at radius 3 is 2.86 bits per heavy atom. The van der Waals surface area contributed by atoms with Gasteiger partial charge in [0.1, 0.15) is 17.6 Å². The van der Waals surface area contributed by atoms with Gasteiger partial charge in [-0.25, -0.2) is 4.98 Å². The number of rotatable bonds is 3. The monoisotopic (exact) mass is 275 g/mol. The molecule has 21 heavy (non-hydrogen) atoms. The van der Waals surface area contributed by atoms with Crippen LogP contribution in [0.4, 0.5) is 0 Å². The molecule has 4 nitrogen and oxygen atoms in total. The normalized spacial score (nSPS) is 11.3. The van der Waals surface area contributed by atoms with Gasteiger partial charge >= 0.3 is 0 Å². The van der Waals surface area contributed by atoms with E-state index in [1.807, 2.05) is 48.5 Å². The number of allylic oxidation sites excluding steroid dienone is 1. The van der Waals surface area contributed by atoms with Gasteiger partial charge in [-0.3, -0.25) is 0 Å². The van der Waals surface area contributed by atoms with E-state index in [1.54, 1.807) is 13.2 Å². The quantitative estimate of drug-likeness (QED) is 0.742. The molecule has 0 aliphatic rings. The fourth-order valence-corrected chi connectivity index (χ4v) is 2.13. The maximum absolute atomic E-state index is 9.38. The number of fused-ring (bicyclic) bond motifs is 1. The summed E-state index contributed by atoms with van der Waals surface area (Å²) in [6.07, 6.45) is 1.79. The fourth-order valence-electron chi connectivity index (χ4n) is 2.13. The summed E-state index contributed by atoms with van der Waals surface area (Å²) in [5.74, 6) is 1.33. The molecule has 3 rings (SSSR count). The Labute approximate surface area is 122 Å². The van der Waals surface area contributed by atoms with Gasteiger partial charge in [0.25, 0.3) is 0 Å². The third kappa shape index (κ3) is 2.63. The molecule has 2 aromatic carbocycles. The highest BCUT2D eigenvalue weighted by Crippen LogP contribution is 2.21. The van der Waals surface area contributed by atoms with E-state index in [2.05, 4.69) is 16.0 Å². The summed E-state index contributed by atoms with van der Waals surface area (Å²) >= 11 is 0. The molecule has 0 saturated carbocycles. The summed E-state index contributed by atoms with van der Waals surface area (Å²) < 4.78 is 5.19. The van der Waals surface area contributed by atoms with Crippen LogP contribution >= 0.6 is 0 Å². The summed E-state index contributed by atoms with van der Waals surface area (Å²) in [5, 5.41) is 9.38. The van der Waals surface area contributed by atoms with E-state index in [0.29, 0.717) is 11.4 Å². The number of aromatic nitrogens is 2. The number of H-pyrrole nitrogens is 1. The van der Waals surface area contributed by atoms with Crippen LogP contribution in [0.25, 0.3) is 22.7 Å². The number of nitrogens with one attached hydrogen (secondary N) is 1. The van der Waals surface area contributed by atoms with Crippen LogP contribution in [0.1, 0.15) is 11.4 Å². The van der Waals surface area contributed by atoms with Crippen molar-refractivity contribution in [2.24, 2.45) is 0 Å². The van der Waals surface area contributed by atoms with E-state index in [0.717, 1.165) is 22.3 Å². The lowest BCUT2D eigenvalue weighted by Crippen LogP contribution is -1.86. The molecule has 1 N–H and O–H groups in total. The Kier molecular flexibility index (Phi) is 3.40. The number of para-hydroxylation sites is 2. The van der Waals surface area contributed by atoms with Crippen molar-refractivity contribution in [1.29, 1.82) is 5.26 Å². The van der Waals surface area contributed by atoms with Crippen LogP contribution in [0.2, 0.25) is 0 Å². The summed E-state index contributed by atoms with van der Waals surface area (Å²) in [6.45, 7) is 0. The topological polar surface area (TPSA) is 61.7 Å². The molecular weight excluding hydrogens is 262 g/mol. The molecule has 102 valence electrons. The zero-order chi connectivity index (χ0) is 14.7. The summed E-state index contributed by atoms with van der Waals surface area (Å²) in [4.78, 5) is 7.61. The Balaban J connectivity index is 2.04. The van der Waals surface area contributed by atoms with Gasteiger partial charge in [-0.05, 0) is 35.9 Å². The van der Waals surface area contributed by atoms with Gasteiger partial charge in [0.2, 0.25) is 0 Å². The van der Waals surface area contributed by atoms with Crippen LogP contribution in [0.15, 0.2) is 48.5 Å². The standard InChI is InChI=1S/C17H13N3O/c1-21-14-6-4-5-12(10-14)9-13(11-18)17-19-15-7-2-3-8-16(15)20-17/h2-10H,1H3,(H,19,20)/b13-9+. The molecule has 4 heteroatoms. The van der Waals surface area contributed by atoms with Gasteiger partial charge < -0.3 is 9.72 Å². The maximum Gasteiger partial charge on any atom is 0.149 e. The van der Waals surface area contributed by atoms with E-state index in [4.69, 9.17) is 4.74 Å². The maximum atomic E-state index is 9.38. The van der Waals surface area contributed by atoms with Crippen molar-refractivity contribution in [3.63, 3.8) is 0 Å². The molecule has 0 unspecified atom stereocenters. The van der Waals surface area contributed by atoms with Crippen LogP contribution in [0, 0.1) is 11.3 Å². The van der Waals surface area contributed by atoms with Crippen molar-refractivity contribution in [3.05, 3.63) is 59.9 Å². The summed E-state index contributed by atoms with van der Waals surface area (Å²) in [5.41, 5.74) is 3.14. The number of hydrogen-bond donors (Lipinski definition) is 1. The van der Waals surface area contributed by atoms with Gasteiger partial charge in [-0.15, -0.1) is 0 Å². The first kappa shape index (κ1) is 12.9. The van der Waals surface area contributed by atoms with Crippen molar-refractivity contribution in [3.8, 4) is 11.8 Å². The fraction of sp³-hybridized carbons (Fsp3) is 0.0588. The SMILES string of the molecule is COc1cccc(/C=C(\C#N)c2nc3ccccc3[nH]2)c1. The number of ether oxygens (including phenoxy) is 1. The molecule has 1 aromatic heterocycles. The molecule has 0 aliphatic carbocycles. The molecule has 3 aromatic rings. The van der Waals surface area contributed by atoms with Crippen LogP contribution in [-0.2, 0) is 0 Å². The zero-order valence-electron chi connectivity index (χ0n) is 11.5. The van der Waals surface area contributed by atoms with Gasteiger partial charge in [0, 0.05) is 0 Å². The number of imidazole rings is 1. The van der Waals surface area contributed by atoms with Crippen molar-refractivity contribution < 1.29 is 4.74 Å². The van der Waals surface area contributed by atoms with Crippen molar-refractivity contribution >= 4 is 22.7 Å². The summed E-state index contributed by atoms with van der Waals surface area (Å²) in [6, 6.07) is 17.4. The van der Waals surface area contributed by atoms with Crippen LogP contribution < -0.4 is 4.74 Å². The predicted octanol–water partition coefficient (Wildman–Crippen LogP) is 3.64. The minimum atomic E-state index is 0.486. The Morgan fingerprint density at radius 2 is 2.10 bits per heavy atom. The molecule has 0 atom stereocenters. The predicted molar refractivity (Wildman–Crippen MR) is 82.6 cm³/mol. The minimum Gasteiger partial charge on any atom is -0.497 e. The highest BCUT2D eigenvalue weighted by molar-refractivity contribution is 5.90. The highest BCUT2D eigenvalue weighted by Gasteiger charge is 2.07. The Morgan fingerprint density at radius 1 is 1.24 bits per heavy atom.